The van der Waals surface area contributed by atoms with Gasteiger partial charge in [0.1, 0.15) is 12.7 Å². The summed E-state index contributed by atoms with van der Waals surface area (Å²) < 4.78 is 59.6. The summed E-state index contributed by atoms with van der Waals surface area (Å²) in [6.07, 6.45) is -3.92. The van der Waals surface area contributed by atoms with E-state index < -0.39 is 11.7 Å². The van der Waals surface area contributed by atoms with Gasteiger partial charge in [-0.05, 0) is 17.7 Å². The van der Waals surface area contributed by atoms with Crippen LogP contribution < -0.4 is 14.2 Å². The Morgan fingerprint density at radius 2 is 2.00 bits per heavy atom. The number of hydrogen-bond donors (Lipinski definition) is 0. The third-order valence-corrected chi connectivity index (χ3v) is 5.08. The number of benzene rings is 1. The fraction of sp³-hybridized carbons (Fsp3) is 0.450. The van der Waals surface area contributed by atoms with E-state index >= 15 is 0 Å². The molecule has 1 aliphatic heterocycles. The molecule has 0 aliphatic carbocycles. The zero-order valence-electron chi connectivity index (χ0n) is 16.5. The summed E-state index contributed by atoms with van der Waals surface area (Å²) >= 11 is 6.46. The lowest BCUT2D eigenvalue weighted by atomic mass is 10.1. The molecule has 2 aromatic rings. The first-order valence-electron chi connectivity index (χ1n) is 9.21. The van der Waals surface area contributed by atoms with E-state index in [-0.39, 0.29) is 18.6 Å². The van der Waals surface area contributed by atoms with Crippen molar-refractivity contribution in [2.75, 3.05) is 40.5 Å². The van der Waals surface area contributed by atoms with Gasteiger partial charge in [0.25, 0.3) is 0 Å². The SMILES string of the molecule is COc1ccc(CN2CCOC(COc3ccc(C(F)(F)F)cn3)C2)c(Cl)c1OC. The normalized spacial score (nSPS) is 17.6. The van der Waals surface area contributed by atoms with E-state index in [4.69, 9.17) is 30.5 Å². The van der Waals surface area contributed by atoms with Gasteiger partial charge >= 0.3 is 6.18 Å². The molecule has 0 saturated carbocycles. The highest BCUT2D eigenvalue weighted by Gasteiger charge is 2.31. The Hall–Kier alpha value is -2.23. The number of pyridine rings is 1. The van der Waals surface area contributed by atoms with Crippen LogP contribution in [-0.2, 0) is 17.5 Å². The third kappa shape index (κ3) is 5.47. The Balaban J connectivity index is 1.57. The van der Waals surface area contributed by atoms with Gasteiger partial charge < -0.3 is 18.9 Å². The Bertz CT molecular complexity index is 849. The first kappa shape index (κ1) is 22.5. The summed E-state index contributed by atoms with van der Waals surface area (Å²) in [7, 11) is 3.08. The summed E-state index contributed by atoms with van der Waals surface area (Å²) in [5.74, 6) is 1.16. The molecule has 10 heteroatoms. The molecule has 0 radical (unpaired) electrons. The van der Waals surface area contributed by atoms with Crippen LogP contribution in [0.4, 0.5) is 13.2 Å². The molecule has 0 bridgehead atoms. The maximum atomic E-state index is 12.6. The monoisotopic (exact) mass is 446 g/mol. The average Bonchev–Trinajstić information content (AvgIpc) is 2.73. The largest absolute Gasteiger partial charge is 0.493 e. The Labute approximate surface area is 177 Å². The molecule has 0 amide bonds. The van der Waals surface area contributed by atoms with E-state index in [1.165, 1.54) is 13.2 Å². The minimum Gasteiger partial charge on any atom is -0.493 e. The van der Waals surface area contributed by atoms with E-state index in [9.17, 15) is 13.2 Å². The van der Waals surface area contributed by atoms with Crippen LogP contribution in [0.25, 0.3) is 0 Å². The van der Waals surface area contributed by atoms with Crippen molar-refractivity contribution in [2.24, 2.45) is 0 Å². The lowest BCUT2D eigenvalue weighted by Crippen LogP contribution is -2.44. The molecule has 1 atom stereocenters. The molecule has 1 fully saturated rings. The van der Waals surface area contributed by atoms with E-state index in [1.807, 2.05) is 6.07 Å². The topological polar surface area (TPSA) is 53.1 Å². The van der Waals surface area contributed by atoms with Crippen LogP contribution in [0.5, 0.6) is 17.4 Å². The predicted molar refractivity (Wildman–Crippen MR) is 104 cm³/mol. The molecule has 1 unspecified atom stereocenters. The van der Waals surface area contributed by atoms with Gasteiger partial charge in [-0.3, -0.25) is 4.90 Å². The van der Waals surface area contributed by atoms with Crippen molar-refractivity contribution in [3.05, 3.63) is 46.6 Å². The standard InChI is InChI=1S/C20H22ClF3N2O4/c1-27-16-5-3-13(18(21)19(16)28-2)10-26-7-8-29-15(11-26)12-30-17-6-4-14(9-25-17)20(22,23)24/h3-6,9,15H,7-8,10-12H2,1-2H3. The van der Waals surface area contributed by atoms with Gasteiger partial charge in [-0.1, -0.05) is 17.7 Å². The van der Waals surface area contributed by atoms with E-state index in [0.717, 1.165) is 17.8 Å². The fourth-order valence-corrected chi connectivity index (χ4v) is 3.42. The number of aromatic nitrogens is 1. The molecule has 1 aliphatic rings. The minimum atomic E-state index is -4.43. The highest BCUT2D eigenvalue weighted by atomic mass is 35.5. The maximum Gasteiger partial charge on any atom is 0.417 e. The quantitative estimate of drug-likeness (QED) is 0.639. The Kier molecular flexibility index (Phi) is 7.27. The molecule has 0 N–H and O–H groups in total. The van der Waals surface area contributed by atoms with Crippen LogP contribution in [0.1, 0.15) is 11.1 Å². The lowest BCUT2D eigenvalue weighted by Gasteiger charge is -2.33. The van der Waals surface area contributed by atoms with Gasteiger partial charge in [-0.15, -0.1) is 0 Å². The lowest BCUT2D eigenvalue weighted by molar-refractivity contribution is -0.137. The molecule has 2 heterocycles. The van der Waals surface area contributed by atoms with E-state index in [0.29, 0.717) is 42.8 Å². The second-order valence-electron chi connectivity index (χ2n) is 6.70. The smallest absolute Gasteiger partial charge is 0.417 e. The molecule has 30 heavy (non-hydrogen) atoms. The number of rotatable bonds is 7. The number of ether oxygens (including phenoxy) is 4. The minimum absolute atomic E-state index is 0.117. The van der Waals surface area contributed by atoms with Crippen LogP contribution in [0.2, 0.25) is 5.02 Å². The van der Waals surface area contributed by atoms with Gasteiger partial charge in [-0.2, -0.15) is 13.2 Å². The maximum absolute atomic E-state index is 12.6. The molecule has 1 aromatic carbocycles. The summed E-state index contributed by atoms with van der Waals surface area (Å²) in [4.78, 5) is 5.87. The molecule has 1 aromatic heterocycles. The number of alkyl halides is 3. The third-order valence-electron chi connectivity index (χ3n) is 4.66. The van der Waals surface area contributed by atoms with Crippen LogP contribution in [-0.4, -0.2) is 56.5 Å². The molecular formula is C20H22ClF3N2O4. The highest BCUT2D eigenvalue weighted by Crippen LogP contribution is 2.37. The van der Waals surface area contributed by atoms with Gasteiger partial charge in [0, 0.05) is 31.9 Å². The number of halogens is 4. The molecule has 3 rings (SSSR count). The number of nitrogens with zero attached hydrogens (tertiary/aromatic N) is 2. The van der Waals surface area contributed by atoms with Crippen molar-refractivity contribution >= 4 is 11.6 Å². The van der Waals surface area contributed by atoms with Crippen LogP contribution >= 0.6 is 11.6 Å². The summed E-state index contributed by atoms with van der Waals surface area (Å²) in [5.41, 5.74) is 0.0713. The first-order chi connectivity index (χ1) is 14.3. The van der Waals surface area contributed by atoms with Crippen LogP contribution in [0.15, 0.2) is 30.5 Å². The van der Waals surface area contributed by atoms with Gasteiger partial charge in [-0.25, -0.2) is 4.98 Å². The van der Waals surface area contributed by atoms with Crippen molar-refractivity contribution in [3.63, 3.8) is 0 Å². The van der Waals surface area contributed by atoms with Gasteiger partial charge in [0.05, 0.1) is 31.4 Å². The van der Waals surface area contributed by atoms with E-state index in [2.05, 4.69) is 9.88 Å². The Morgan fingerprint density at radius 3 is 2.63 bits per heavy atom. The molecule has 6 nitrogen and oxygen atoms in total. The second-order valence-corrected chi connectivity index (χ2v) is 7.07. The molecular weight excluding hydrogens is 425 g/mol. The van der Waals surface area contributed by atoms with Crippen molar-refractivity contribution in [1.82, 2.24) is 9.88 Å². The summed E-state index contributed by atoms with van der Waals surface area (Å²) in [5, 5.41) is 0.491. The molecule has 164 valence electrons. The predicted octanol–water partition coefficient (Wildman–Crippen LogP) is 4.05. The van der Waals surface area contributed by atoms with E-state index in [1.54, 1.807) is 13.2 Å². The molecule has 0 spiro atoms. The molecule has 1 saturated heterocycles. The number of hydrogen-bond acceptors (Lipinski definition) is 6. The van der Waals surface area contributed by atoms with Crippen molar-refractivity contribution in [3.8, 4) is 17.4 Å². The van der Waals surface area contributed by atoms with Crippen LogP contribution in [0, 0.1) is 0 Å². The first-order valence-corrected chi connectivity index (χ1v) is 9.59. The van der Waals surface area contributed by atoms with Crippen molar-refractivity contribution in [2.45, 2.75) is 18.8 Å². The zero-order chi connectivity index (χ0) is 21.7. The second kappa shape index (κ2) is 9.72. The van der Waals surface area contributed by atoms with Gasteiger partial charge in [0.2, 0.25) is 5.88 Å². The zero-order valence-corrected chi connectivity index (χ0v) is 17.3. The number of morpholine rings is 1. The Morgan fingerprint density at radius 1 is 1.20 bits per heavy atom. The highest BCUT2D eigenvalue weighted by molar-refractivity contribution is 6.33. The summed E-state index contributed by atoms with van der Waals surface area (Å²) in [6.45, 7) is 2.54. The number of methoxy groups -OCH3 is 2. The average molecular weight is 447 g/mol. The van der Waals surface area contributed by atoms with Gasteiger partial charge in [0.15, 0.2) is 11.5 Å². The fourth-order valence-electron chi connectivity index (χ4n) is 3.13. The summed E-state index contributed by atoms with van der Waals surface area (Å²) in [6, 6.07) is 5.83. The van der Waals surface area contributed by atoms with Crippen molar-refractivity contribution < 1.29 is 32.1 Å². The van der Waals surface area contributed by atoms with Crippen LogP contribution in [0.3, 0.4) is 0 Å². The van der Waals surface area contributed by atoms with Crippen molar-refractivity contribution in [1.29, 1.82) is 0 Å².